The monoisotopic (exact) mass is 320 g/mol. The van der Waals surface area contributed by atoms with Crippen LogP contribution in [0.25, 0.3) is 11.1 Å². The van der Waals surface area contributed by atoms with Crippen LogP contribution in [0.3, 0.4) is 0 Å². The molecule has 0 radical (unpaired) electrons. The topological polar surface area (TPSA) is 26.2 Å². The normalized spacial score (nSPS) is 10.6. The molecule has 0 amide bonds. The van der Waals surface area contributed by atoms with E-state index in [9.17, 15) is 0 Å². The Balaban J connectivity index is 1.90. The van der Waals surface area contributed by atoms with Crippen LogP contribution in [-0.4, -0.2) is 11.7 Å². The summed E-state index contributed by atoms with van der Waals surface area (Å²) >= 11 is 0. The van der Waals surface area contributed by atoms with Crippen LogP contribution >= 0.6 is 0 Å². The van der Waals surface area contributed by atoms with E-state index in [-0.39, 0.29) is 0 Å². The molecule has 0 aliphatic carbocycles. The third-order valence-electron chi connectivity index (χ3n) is 4.10. The molecular weight excluding hydrogens is 296 g/mol. The Kier molecular flexibility index (Phi) is 5.22. The largest absolute Gasteiger partial charge is 0.497 e. The van der Waals surface area contributed by atoms with Crippen molar-refractivity contribution < 1.29 is 4.74 Å². The number of hydrogen-bond donors (Lipinski definition) is 1. The van der Waals surface area contributed by atoms with Crippen molar-refractivity contribution in [2.24, 2.45) is 0 Å². The summed E-state index contributed by atoms with van der Waals surface area (Å²) in [6.07, 6.45) is 6.81. The molecule has 0 unspecified atom stereocenters. The second kappa shape index (κ2) is 7.73. The maximum atomic E-state index is 5.23. The molecule has 2 aromatic carbocycles. The Hall–Kier alpha value is -2.68. The Morgan fingerprint density at radius 2 is 1.71 bits per heavy atom. The molecule has 124 valence electrons. The zero-order valence-corrected chi connectivity index (χ0v) is 14.3. The number of ether oxygens (including phenoxy) is 1. The Labute approximate surface area is 143 Å². The first-order valence-electron chi connectivity index (χ1n) is 8.46. The first kappa shape index (κ1) is 16.2. The highest BCUT2D eigenvalue weighted by atomic mass is 16.5. The van der Waals surface area contributed by atoms with E-state index in [1.807, 2.05) is 30.3 Å². The van der Waals surface area contributed by atoms with Crippen LogP contribution in [0, 0.1) is 0 Å². The molecule has 3 nitrogen and oxygen atoms in total. The average molecular weight is 320 g/mol. The minimum absolute atomic E-state index is 0.865. The third-order valence-corrected chi connectivity index (χ3v) is 4.10. The van der Waals surface area contributed by atoms with Crippen molar-refractivity contribution in [2.75, 3.05) is 12.4 Å². The molecule has 0 fully saturated rings. The van der Waals surface area contributed by atoms with E-state index >= 15 is 0 Å². The summed E-state index contributed by atoms with van der Waals surface area (Å²) < 4.78 is 7.50. The first-order valence-corrected chi connectivity index (χ1v) is 8.46. The zero-order chi connectivity index (χ0) is 16.8. The number of unbranched alkanes of at least 4 members (excludes halogenated alkanes) is 1. The van der Waals surface area contributed by atoms with Gasteiger partial charge in [0.05, 0.1) is 12.8 Å². The molecule has 0 saturated heterocycles. The first-order chi connectivity index (χ1) is 11.8. The molecular formula is C21H24N2O. The summed E-state index contributed by atoms with van der Waals surface area (Å²) in [5.41, 5.74) is 4.63. The van der Waals surface area contributed by atoms with E-state index in [2.05, 4.69) is 53.5 Å². The summed E-state index contributed by atoms with van der Waals surface area (Å²) in [6.45, 7) is 3.26. The fraction of sp³-hybridized carbons (Fsp3) is 0.238. The van der Waals surface area contributed by atoms with Gasteiger partial charge in [0.15, 0.2) is 0 Å². The van der Waals surface area contributed by atoms with Gasteiger partial charge in [-0.15, -0.1) is 0 Å². The Morgan fingerprint density at radius 1 is 0.958 bits per heavy atom. The standard InChI is InChI=1S/C21H24N2O/c1-3-4-14-23-15-20(17-8-6-5-7-9-17)21(16-23)22-18-10-12-19(24-2)13-11-18/h5-13,15-16,22H,3-4,14H2,1-2H3. The number of rotatable bonds is 7. The summed E-state index contributed by atoms with van der Waals surface area (Å²) in [7, 11) is 1.68. The minimum Gasteiger partial charge on any atom is -0.497 e. The lowest BCUT2D eigenvalue weighted by Gasteiger charge is -2.08. The van der Waals surface area contributed by atoms with Gasteiger partial charge >= 0.3 is 0 Å². The van der Waals surface area contributed by atoms with Crippen LogP contribution in [0.2, 0.25) is 0 Å². The number of anilines is 2. The van der Waals surface area contributed by atoms with Gasteiger partial charge in [0.25, 0.3) is 0 Å². The maximum Gasteiger partial charge on any atom is 0.119 e. The Bertz CT molecular complexity index is 760. The summed E-state index contributed by atoms with van der Waals surface area (Å²) in [6, 6.07) is 18.5. The molecule has 24 heavy (non-hydrogen) atoms. The minimum atomic E-state index is 0.865. The summed E-state index contributed by atoms with van der Waals surface area (Å²) in [4.78, 5) is 0. The molecule has 0 saturated carbocycles. The van der Waals surface area contributed by atoms with Gasteiger partial charge in [-0.1, -0.05) is 43.7 Å². The predicted octanol–water partition coefficient (Wildman–Crippen LogP) is 5.71. The van der Waals surface area contributed by atoms with Gasteiger partial charge in [-0.25, -0.2) is 0 Å². The van der Waals surface area contributed by atoms with E-state index in [0.717, 1.165) is 23.7 Å². The number of benzene rings is 2. The highest BCUT2D eigenvalue weighted by Gasteiger charge is 2.09. The lowest BCUT2D eigenvalue weighted by atomic mass is 10.1. The number of aryl methyl sites for hydroxylation is 1. The molecule has 0 bridgehead atoms. The SMILES string of the molecule is CCCCn1cc(Nc2ccc(OC)cc2)c(-c2ccccc2)c1. The lowest BCUT2D eigenvalue weighted by Crippen LogP contribution is -1.93. The van der Waals surface area contributed by atoms with Crippen LogP contribution in [0.5, 0.6) is 5.75 Å². The van der Waals surface area contributed by atoms with Crippen LogP contribution in [0.15, 0.2) is 67.0 Å². The van der Waals surface area contributed by atoms with Crippen molar-refractivity contribution >= 4 is 11.4 Å². The third kappa shape index (κ3) is 3.80. The van der Waals surface area contributed by atoms with Crippen LogP contribution < -0.4 is 10.1 Å². The van der Waals surface area contributed by atoms with Crippen molar-refractivity contribution in [1.29, 1.82) is 0 Å². The van der Waals surface area contributed by atoms with Gasteiger partial charge in [0.2, 0.25) is 0 Å². The number of methoxy groups -OCH3 is 1. The second-order valence-corrected chi connectivity index (χ2v) is 5.90. The van der Waals surface area contributed by atoms with E-state index < -0.39 is 0 Å². The summed E-state index contributed by atoms with van der Waals surface area (Å²) in [5.74, 6) is 0.865. The molecule has 1 heterocycles. The van der Waals surface area contributed by atoms with E-state index in [1.165, 1.54) is 24.0 Å². The van der Waals surface area contributed by atoms with E-state index in [4.69, 9.17) is 4.74 Å². The molecule has 0 aliphatic heterocycles. The molecule has 0 aliphatic rings. The van der Waals surface area contributed by atoms with Gasteiger partial charge in [0, 0.05) is 30.2 Å². The highest BCUT2D eigenvalue weighted by molar-refractivity contribution is 5.80. The molecule has 0 atom stereocenters. The number of aromatic nitrogens is 1. The molecule has 3 rings (SSSR count). The molecule has 0 spiro atoms. The van der Waals surface area contributed by atoms with Gasteiger partial charge in [-0.3, -0.25) is 0 Å². The highest BCUT2D eigenvalue weighted by Crippen LogP contribution is 2.32. The van der Waals surface area contributed by atoms with Gasteiger partial charge in [-0.2, -0.15) is 0 Å². The number of hydrogen-bond acceptors (Lipinski definition) is 2. The second-order valence-electron chi connectivity index (χ2n) is 5.90. The number of nitrogens with one attached hydrogen (secondary N) is 1. The van der Waals surface area contributed by atoms with Gasteiger partial charge in [-0.05, 0) is 36.2 Å². The van der Waals surface area contributed by atoms with Crippen LogP contribution in [0.1, 0.15) is 19.8 Å². The maximum absolute atomic E-state index is 5.23. The smallest absolute Gasteiger partial charge is 0.119 e. The molecule has 3 aromatic rings. The lowest BCUT2D eigenvalue weighted by molar-refractivity contribution is 0.415. The average Bonchev–Trinajstić information content (AvgIpc) is 3.04. The molecule has 3 heteroatoms. The van der Waals surface area contributed by atoms with Crippen molar-refractivity contribution in [1.82, 2.24) is 4.57 Å². The summed E-state index contributed by atoms with van der Waals surface area (Å²) in [5, 5.41) is 3.54. The fourth-order valence-corrected chi connectivity index (χ4v) is 2.75. The van der Waals surface area contributed by atoms with Gasteiger partial charge in [0.1, 0.15) is 5.75 Å². The van der Waals surface area contributed by atoms with Crippen molar-refractivity contribution in [2.45, 2.75) is 26.3 Å². The molecule has 1 N–H and O–H groups in total. The van der Waals surface area contributed by atoms with Crippen LogP contribution in [-0.2, 0) is 6.54 Å². The molecule has 1 aromatic heterocycles. The predicted molar refractivity (Wildman–Crippen MR) is 101 cm³/mol. The van der Waals surface area contributed by atoms with Crippen molar-refractivity contribution in [3.63, 3.8) is 0 Å². The zero-order valence-electron chi connectivity index (χ0n) is 14.3. The fourth-order valence-electron chi connectivity index (χ4n) is 2.75. The van der Waals surface area contributed by atoms with Crippen molar-refractivity contribution in [3.8, 4) is 16.9 Å². The Morgan fingerprint density at radius 3 is 2.38 bits per heavy atom. The van der Waals surface area contributed by atoms with Crippen LogP contribution in [0.4, 0.5) is 11.4 Å². The quantitative estimate of drug-likeness (QED) is 0.603. The van der Waals surface area contributed by atoms with Gasteiger partial charge < -0.3 is 14.6 Å². The van der Waals surface area contributed by atoms with E-state index in [0.29, 0.717) is 0 Å². The number of nitrogens with zero attached hydrogens (tertiary/aromatic N) is 1. The van der Waals surface area contributed by atoms with E-state index in [1.54, 1.807) is 7.11 Å². The van der Waals surface area contributed by atoms with Crippen molar-refractivity contribution in [3.05, 3.63) is 67.0 Å².